The average Bonchev–Trinajstić information content (AvgIpc) is 3.00. The van der Waals surface area contributed by atoms with Gasteiger partial charge < -0.3 is 4.98 Å². The van der Waals surface area contributed by atoms with Gasteiger partial charge in [-0.15, -0.1) is 0 Å². The number of fused-ring (bicyclic) bond motifs is 1. The summed E-state index contributed by atoms with van der Waals surface area (Å²) in [5.74, 6) is 0.0491. The molecule has 1 aromatic heterocycles. The summed E-state index contributed by atoms with van der Waals surface area (Å²) < 4.78 is 41.6. The molecule has 0 saturated heterocycles. The molecule has 0 aliphatic carbocycles. The maximum atomic E-state index is 12.6. The predicted molar refractivity (Wildman–Crippen MR) is 112 cm³/mol. The number of rotatable bonds is 7. The average molecular weight is 446 g/mol. The van der Waals surface area contributed by atoms with Crippen LogP contribution in [0.5, 0.6) is 0 Å². The second-order valence-corrected chi connectivity index (χ2v) is 9.67. The maximum Gasteiger partial charge on any atom is 0.232 e. The molecule has 0 bridgehead atoms. The Morgan fingerprint density at radius 3 is 2.44 bits per heavy atom. The van der Waals surface area contributed by atoms with Gasteiger partial charge in [0.1, 0.15) is 11.0 Å². The fraction of sp³-hybridized carbons (Fsp3) is 0.176. The number of halogens is 2. The number of hydrogen-bond donors (Lipinski definition) is 3. The van der Waals surface area contributed by atoms with Gasteiger partial charge in [0.2, 0.25) is 10.0 Å². The third-order valence-corrected chi connectivity index (χ3v) is 6.96. The molecule has 10 heteroatoms. The molecular formula is C17H17Cl2N3O3S2. The number of benzene rings is 2. The van der Waals surface area contributed by atoms with Crippen LogP contribution in [-0.2, 0) is 21.0 Å². The van der Waals surface area contributed by atoms with E-state index in [1.807, 2.05) is 0 Å². The first-order valence-corrected chi connectivity index (χ1v) is 11.6. The zero-order valence-corrected chi connectivity index (χ0v) is 17.4. The smallest absolute Gasteiger partial charge is 0.232 e. The van der Waals surface area contributed by atoms with E-state index < -0.39 is 21.0 Å². The molecule has 0 aliphatic heterocycles. The quantitative estimate of drug-likeness (QED) is 0.489. The van der Waals surface area contributed by atoms with E-state index in [-0.39, 0.29) is 5.75 Å². The van der Waals surface area contributed by atoms with Crippen LogP contribution in [0.15, 0.2) is 47.5 Å². The molecule has 144 valence electrons. The van der Waals surface area contributed by atoms with Crippen LogP contribution in [0.2, 0.25) is 10.0 Å². The van der Waals surface area contributed by atoms with Crippen LogP contribution in [0.25, 0.3) is 10.9 Å². The van der Waals surface area contributed by atoms with E-state index in [1.54, 1.807) is 49.5 Å². The van der Waals surface area contributed by atoms with Crippen LogP contribution in [0.1, 0.15) is 13.3 Å². The zero-order valence-electron chi connectivity index (χ0n) is 14.3. The molecule has 0 saturated carbocycles. The van der Waals surface area contributed by atoms with Gasteiger partial charge in [-0.25, -0.2) is 12.6 Å². The topological polar surface area (TPSA) is 91.1 Å². The predicted octanol–water partition coefficient (Wildman–Crippen LogP) is 4.76. The van der Waals surface area contributed by atoms with Crippen LogP contribution in [-0.4, -0.2) is 23.4 Å². The summed E-state index contributed by atoms with van der Waals surface area (Å²) in [5, 5.41) is 1.63. The van der Waals surface area contributed by atoms with E-state index >= 15 is 0 Å². The first kappa shape index (κ1) is 20.0. The van der Waals surface area contributed by atoms with E-state index in [1.165, 1.54) is 0 Å². The Morgan fingerprint density at radius 1 is 1.07 bits per heavy atom. The van der Waals surface area contributed by atoms with Crippen molar-refractivity contribution in [2.75, 3.05) is 15.2 Å². The van der Waals surface area contributed by atoms with Gasteiger partial charge in [-0.05, 0) is 42.8 Å². The number of aromatic nitrogens is 1. The summed E-state index contributed by atoms with van der Waals surface area (Å²) in [7, 11) is -4.92. The van der Waals surface area contributed by atoms with Crippen LogP contribution in [0.4, 0.5) is 11.4 Å². The van der Waals surface area contributed by atoms with Crippen molar-refractivity contribution in [1.29, 1.82) is 0 Å². The standard InChI is InChI=1S/C17H17Cl2N3O3S2/c1-2-9-27(24,25)22-11-3-5-12(6-4-11)26(23)21-15-8-7-13(18)16-14(19)10-20-17(15)16/h3-8,10,20-22H,2,9H2,1H3. The van der Waals surface area contributed by atoms with E-state index in [2.05, 4.69) is 14.4 Å². The Balaban J connectivity index is 1.78. The number of aromatic amines is 1. The Kier molecular flexibility index (Phi) is 6.00. The Hall–Kier alpha value is -1.74. The molecule has 0 aliphatic rings. The highest BCUT2D eigenvalue weighted by Crippen LogP contribution is 2.35. The third kappa shape index (κ3) is 4.57. The summed E-state index contributed by atoms with van der Waals surface area (Å²) in [5.41, 5.74) is 1.67. The van der Waals surface area contributed by atoms with Gasteiger partial charge in [0, 0.05) is 17.3 Å². The highest BCUT2D eigenvalue weighted by molar-refractivity contribution is 7.92. The molecule has 3 rings (SSSR count). The van der Waals surface area contributed by atoms with Crippen molar-refractivity contribution in [1.82, 2.24) is 4.98 Å². The monoisotopic (exact) mass is 445 g/mol. The van der Waals surface area contributed by atoms with Crippen LogP contribution in [0, 0.1) is 0 Å². The summed E-state index contributed by atoms with van der Waals surface area (Å²) in [6, 6.07) is 9.73. The molecule has 0 fully saturated rings. The zero-order chi connectivity index (χ0) is 19.6. The Morgan fingerprint density at radius 2 is 1.78 bits per heavy atom. The lowest BCUT2D eigenvalue weighted by Crippen LogP contribution is -2.16. The Labute approximate surface area is 169 Å². The van der Waals surface area contributed by atoms with Crippen LogP contribution < -0.4 is 9.44 Å². The van der Waals surface area contributed by atoms with Gasteiger partial charge in [-0.2, -0.15) is 0 Å². The molecule has 27 heavy (non-hydrogen) atoms. The van der Waals surface area contributed by atoms with E-state index in [9.17, 15) is 12.6 Å². The third-order valence-electron chi connectivity index (χ3n) is 3.75. The fourth-order valence-corrected chi connectivity index (χ4v) is 5.12. The Bertz CT molecular complexity index is 1100. The highest BCUT2D eigenvalue weighted by atomic mass is 35.5. The second-order valence-electron chi connectivity index (χ2n) is 5.80. The van der Waals surface area contributed by atoms with Crippen LogP contribution >= 0.6 is 23.2 Å². The summed E-state index contributed by atoms with van der Waals surface area (Å²) in [4.78, 5) is 3.51. The first-order valence-electron chi connectivity index (χ1n) is 8.05. The number of nitrogens with one attached hydrogen (secondary N) is 3. The lowest BCUT2D eigenvalue weighted by molar-refractivity contribution is 0.600. The lowest BCUT2D eigenvalue weighted by Gasteiger charge is -2.10. The fourth-order valence-electron chi connectivity index (χ4n) is 2.56. The molecule has 3 aromatic rings. The van der Waals surface area contributed by atoms with Crippen molar-refractivity contribution < 1.29 is 12.6 Å². The number of anilines is 2. The van der Waals surface area contributed by atoms with Crippen LogP contribution in [0.3, 0.4) is 0 Å². The van der Waals surface area contributed by atoms with Gasteiger partial charge >= 0.3 is 0 Å². The normalized spacial score (nSPS) is 12.9. The van der Waals surface area contributed by atoms with E-state index in [0.717, 1.165) is 0 Å². The van der Waals surface area contributed by atoms with Gasteiger partial charge in [-0.3, -0.25) is 9.44 Å². The number of hydrogen-bond acceptors (Lipinski definition) is 3. The molecule has 1 heterocycles. The van der Waals surface area contributed by atoms with E-state index in [4.69, 9.17) is 23.2 Å². The second kappa shape index (κ2) is 8.10. The maximum absolute atomic E-state index is 12.6. The van der Waals surface area contributed by atoms with Crippen molar-refractivity contribution in [3.05, 3.63) is 52.6 Å². The lowest BCUT2D eigenvalue weighted by atomic mass is 10.2. The molecule has 3 N–H and O–H groups in total. The molecular weight excluding hydrogens is 429 g/mol. The van der Waals surface area contributed by atoms with Gasteiger partial charge in [0.05, 0.1) is 31.9 Å². The van der Waals surface area contributed by atoms with Crippen molar-refractivity contribution in [3.8, 4) is 0 Å². The molecule has 2 aromatic carbocycles. The molecule has 1 atom stereocenters. The summed E-state index contributed by atoms with van der Waals surface area (Å²) in [6.45, 7) is 1.79. The van der Waals surface area contributed by atoms with Crippen molar-refractivity contribution in [2.24, 2.45) is 0 Å². The highest BCUT2D eigenvalue weighted by Gasteiger charge is 2.13. The van der Waals surface area contributed by atoms with E-state index in [0.29, 0.717) is 43.6 Å². The summed E-state index contributed by atoms with van der Waals surface area (Å²) >= 11 is 12.3. The first-order chi connectivity index (χ1) is 12.8. The van der Waals surface area contributed by atoms with Gasteiger partial charge in [0.25, 0.3) is 0 Å². The van der Waals surface area contributed by atoms with Gasteiger partial charge in [0.15, 0.2) is 0 Å². The van der Waals surface area contributed by atoms with Crippen molar-refractivity contribution in [2.45, 2.75) is 18.2 Å². The largest absolute Gasteiger partial charge is 0.358 e. The molecule has 1 unspecified atom stereocenters. The SMILES string of the molecule is CCCS(=O)(=O)Nc1ccc(S(=O)Nc2ccc(Cl)c3c(Cl)c[nH]c23)cc1. The summed E-state index contributed by atoms with van der Waals surface area (Å²) in [6.07, 6.45) is 2.14. The van der Waals surface area contributed by atoms with Crippen molar-refractivity contribution >= 4 is 66.5 Å². The molecule has 6 nitrogen and oxygen atoms in total. The minimum Gasteiger partial charge on any atom is -0.358 e. The number of sulfonamides is 1. The minimum atomic E-state index is -3.36. The minimum absolute atomic E-state index is 0.0491. The molecule has 0 radical (unpaired) electrons. The molecule has 0 spiro atoms. The van der Waals surface area contributed by atoms with Gasteiger partial charge in [-0.1, -0.05) is 30.1 Å². The number of H-pyrrole nitrogens is 1. The van der Waals surface area contributed by atoms with Crippen molar-refractivity contribution in [3.63, 3.8) is 0 Å². The molecule has 0 amide bonds.